The van der Waals surface area contributed by atoms with E-state index >= 15 is 0 Å². The number of phosphoric acid groups is 1. The number of aryl methyl sites for hydroxylation is 2. The summed E-state index contributed by atoms with van der Waals surface area (Å²) in [6.07, 6.45) is 4.84. The molecule has 11 heteroatoms. The molecule has 0 spiro atoms. The molecule has 0 aromatic heterocycles. The van der Waals surface area contributed by atoms with Crippen molar-refractivity contribution in [2.75, 3.05) is 7.11 Å². The third-order valence-electron chi connectivity index (χ3n) is 5.05. The largest absolute Gasteiger partial charge is 1.00 e. The van der Waals surface area contributed by atoms with Crippen LogP contribution in [-0.2, 0) is 28.8 Å². The third kappa shape index (κ3) is 13.5. The van der Waals surface area contributed by atoms with Gasteiger partial charge in [-0.25, -0.2) is 0 Å². The fraction of sp³-hybridized carbons (Fsp3) is 0.348. The van der Waals surface area contributed by atoms with Crippen LogP contribution in [-0.4, -0.2) is 13.4 Å². The second kappa shape index (κ2) is 19.5. The summed E-state index contributed by atoms with van der Waals surface area (Å²) in [5, 5.41) is 0. The van der Waals surface area contributed by atoms with Gasteiger partial charge in [-0.05, 0) is 72.2 Å². The first-order chi connectivity index (χ1) is 14.7. The van der Waals surface area contributed by atoms with E-state index in [4.69, 9.17) is 28.7 Å². The van der Waals surface area contributed by atoms with E-state index in [2.05, 4.69) is 37.3 Å². The Morgan fingerprint density at radius 1 is 1.03 bits per heavy atom. The molecular formula is C23H26K3O7P. The molecular weight excluding hydrogens is 537 g/mol. The fourth-order valence-electron chi connectivity index (χ4n) is 3.52. The molecule has 0 fully saturated rings. The molecule has 0 radical (unpaired) electrons. The fourth-order valence-corrected chi connectivity index (χ4v) is 3.52. The van der Waals surface area contributed by atoms with Crippen LogP contribution in [0.2, 0.25) is 0 Å². The van der Waals surface area contributed by atoms with Crippen molar-refractivity contribution in [2.24, 2.45) is 0 Å². The Morgan fingerprint density at radius 3 is 2.24 bits per heavy atom. The van der Waals surface area contributed by atoms with Crippen LogP contribution in [0.1, 0.15) is 48.9 Å². The Morgan fingerprint density at radius 2 is 1.68 bits per heavy atom. The molecule has 1 aliphatic rings. The number of fused-ring (bicyclic) bond motifs is 1. The van der Waals surface area contributed by atoms with Crippen LogP contribution in [0, 0.1) is 0 Å². The van der Waals surface area contributed by atoms with Crippen LogP contribution in [0.3, 0.4) is 0 Å². The zero-order valence-electron chi connectivity index (χ0n) is 20.9. The smallest absolute Gasteiger partial charge is 0.822 e. The number of allylic oxidation sites excluding steroid dienone is 2. The Bertz CT molecular complexity index is 998. The molecule has 3 rings (SSSR count). The van der Waals surface area contributed by atoms with Gasteiger partial charge in [0, 0.05) is 5.56 Å². The van der Waals surface area contributed by atoms with Crippen molar-refractivity contribution in [3.63, 3.8) is 0 Å². The second-order valence-corrected chi connectivity index (χ2v) is 8.11. The zero-order chi connectivity index (χ0) is 23.0. The van der Waals surface area contributed by atoms with Crippen LogP contribution in [0.25, 0.3) is 5.57 Å². The number of rotatable bonds is 7. The van der Waals surface area contributed by atoms with Crippen LogP contribution in [0.15, 0.2) is 42.0 Å². The first-order valence-corrected chi connectivity index (χ1v) is 11.4. The quantitative estimate of drug-likeness (QED) is 0.187. The maximum Gasteiger partial charge on any atom is 1.00 e. The molecule has 1 aliphatic carbocycles. The van der Waals surface area contributed by atoms with Crippen molar-refractivity contribution in [1.82, 2.24) is 0 Å². The molecule has 2 aromatic rings. The van der Waals surface area contributed by atoms with Gasteiger partial charge in [-0.15, -0.1) is 0 Å². The van der Waals surface area contributed by atoms with Crippen molar-refractivity contribution in [2.45, 2.75) is 46.1 Å². The second-order valence-electron chi connectivity index (χ2n) is 7.22. The molecule has 0 heterocycles. The molecule has 2 aromatic carbocycles. The Kier molecular flexibility index (Phi) is 22.2. The summed E-state index contributed by atoms with van der Waals surface area (Å²) in [4.78, 5) is 36.8. The van der Waals surface area contributed by atoms with Crippen molar-refractivity contribution < 1.29 is 188 Å². The van der Waals surface area contributed by atoms with E-state index in [1.54, 1.807) is 7.11 Å². The van der Waals surface area contributed by atoms with Gasteiger partial charge in [-0.1, -0.05) is 31.5 Å². The average molecular weight is 563 g/mol. The molecule has 0 atom stereocenters. The first kappa shape index (κ1) is 38.6. The van der Waals surface area contributed by atoms with E-state index in [-0.39, 0.29) is 154 Å². The molecule has 0 N–H and O–H groups in total. The van der Waals surface area contributed by atoms with E-state index in [1.165, 1.54) is 11.1 Å². The van der Waals surface area contributed by atoms with Gasteiger partial charge in [0.15, 0.2) is 0 Å². The van der Waals surface area contributed by atoms with Crippen LogP contribution in [0.4, 0.5) is 0 Å². The minimum absolute atomic E-state index is 0. The summed E-state index contributed by atoms with van der Waals surface area (Å²) < 4.78 is 20.1. The van der Waals surface area contributed by atoms with Crippen molar-refractivity contribution in [3.05, 3.63) is 64.2 Å². The average Bonchev–Trinajstić information content (AvgIpc) is 2.72. The van der Waals surface area contributed by atoms with Gasteiger partial charge in [-0.2, -0.15) is 7.82 Å². The zero-order valence-corrected chi connectivity index (χ0v) is 31.1. The Labute approximate surface area is 329 Å². The number of hydrogen-bond donors (Lipinski definition) is 0. The van der Waals surface area contributed by atoms with E-state index < -0.39 is 7.82 Å². The van der Waals surface area contributed by atoms with Crippen molar-refractivity contribution in [1.29, 1.82) is 0 Å². The monoisotopic (exact) mass is 562 g/mol. The molecule has 168 valence electrons. The summed E-state index contributed by atoms with van der Waals surface area (Å²) >= 11 is 0. The van der Waals surface area contributed by atoms with Gasteiger partial charge < -0.3 is 28.7 Å². The molecule has 0 amide bonds. The summed E-state index contributed by atoms with van der Waals surface area (Å²) in [5.74, 6) is 1.73. The predicted molar refractivity (Wildman–Crippen MR) is 112 cm³/mol. The van der Waals surface area contributed by atoms with Gasteiger partial charge in [0.05, 0.1) is 7.11 Å². The Hall–Kier alpha value is 2.47. The summed E-state index contributed by atoms with van der Waals surface area (Å²) in [7, 11) is -3.69. The molecule has 0 bridgehead atoms. The minimum atomic E-state index is -5.39. The molecule has 7 nitrogen and oxygen atoms in total. The van der Waals surface area contributed by atoms with Gasteiger partial charge >= 0.3 is 154 Å². The summed E-state index contributed by atoms with van der Waals surface area (Å²) in [6.45, 7) is 4.67. The maximum absolute atomic E-state index is 11.1. The van der Waals surface area contributed by atoms with Crippen molar-refractivity contribution in [3.8, 4) is 11.5 Å². The number of methoxy groups -OCH3 is 1. The van der Waals surface area contributed by atoms with Gasteiger partial charge in [-0.3, -0.25) is 4.79 Å². The molecule has 0 saturated carbocycles. The number of aldehydes is 1. The van der Waals surface area contributed by atoms with Crippen LogP contribution < -0.4 is 178 Å². The normalized spacial score (nSPS) is 11.9. The number of benzene rings is 2. The van der Waals surface area contributed by atoms with E-state index in [0.717, 1.165) is 65.7 Å². The molecule has 34 heavy (non-hydrogen) atoms. The summed E-state index contributed by atoms with van der Waals surface area (Å²) in [6, 6.07) is 12.5. The topological polar surface area (TPSA) is 122 Å². The summed E-state index contributed by atoms with van der Waals surface area (Å²) in [5.41, 5.74) is 6.73. The van der Waals surface area contributed by atoms with Gasteiger partial charge in [0.2, 0.25) is 0 Å². The van der Waals surface area contributed by atoms with Crippen molar-refractivity contribution >= 4 is 19.7 Å². The number of carbonyl (C=O) groups excluding carboxylic acids is 1. The third-order valence-corrected chi connectivity index (χ3v) is 5.05. The first-order valence-electron chi connectivity index (χ1n) is 9.96. The van der Waals surface area contributed by atoms with Gasteiger partial charge in [0.25, 0.3) is 0 Å². The molecule has 0 aliphatic heterocycles. The molecule has 0 saturated heterocycles. The predicted octanol–water partition coefficient (Wildman–Crippen LogP) is -6.67. The maximum atomic E-state index is 11.1. The van der Waals surface area contributed by atoms with E-state index in [9.17, 15) is 4.79 Å². The number of carbonyl (C=O) groups is 1. The minimum Gasteiger partial charge on any atom is -0.822 e. The number of hydrogen-bond acceptors (Lipinski definition) is 7. The van der Waals surface area contributed by atoms with E-state index in [0.29, 0.717) is 6.61 Å². The SMILES string of the molecule is CCCc1ccc(COc2ccc3c(c2)CCC(C=O)=C3C)c(OC)c1.O=P([O-])([O-])[O-].[K+].[K+].[K+]. The standard InChI is InChI=1S/C23H26O3.3K.H3O4P/c1-4-5-17-6-7-20(23(12-17)25-3)15-26-21-10-11-22-16(2)19(14-24)9-8-18(22)13-21;;;;1-5(2,3)4/h6-7,10-14H,4-5,8-9,15H2,1-3H3;;;;(H3,1,2,3,4)/q;3*+1;/p-3. The van der Waals surface area contributed by atoms with Gasteiger partial charge in [0.1, 0.15) is 24.4 Å². The van der Waals surface area contributed by atoms with Crippen LogP contribution >= 0.6 is 7.82 Å². The van der Waals surface area contributed by atoms with Crippen LogP contribution in [0.5, 0.6) is 11.5 Å². The Balaban J connectivity index is 0. The van der Waals surface area contributed by atoms with E-state index in [1.807, 2.05) is 13.0 Å². The molecule has 0 unspecified atom stereocenters. The number of ether oxygens (including phenoxy) is 2.